The van der Waals surface area contributed by atoms with Crippen molar-refractivity contribution in [3.8, 4) is 0 Å². The van der Waals surface area contributed by atoms with Crippen LogP contribution in [0.4, 0.5) is 4.79 Å². The molecule has 0 bridgehead atoms. The fourth-order valence-electron chi connectivity index (χ4n) is 2.19. The first-order valence-corrected chi connectivity index (χ1v) is 7.31. The van der Waals surface area contributed by atoms with Gasteiger partial charge in [-0.15, -0.1) is 0 Å². The molecule has 0 aliphatic carbocycles. The van der Waals surface area contributed by atoms with Gasteiger partial charge in [-0.1, -0.05) is 13.8 Å². The van der Waals surface area contributed by atoms with Gasteiger partial charge in [0.1, 0.15) is 0 Å². The van der Waals surface area contributed by atoms with Crippen molar-refractivity contribution < 1.29 is 19.4 Å². The van der Waals surface area contributed by atoms with E-state index in [9.17, 15) is 9.59 Å². The van der Waals surface area contributed by atoms with E-state index in [1.807, 2.05) is 0 Å². The third-order valence-corrected chi connectivity index (χ3v) is 3.40. The zero-order valence-corrected chi connectivity index (χ0v) is 12.4. The van der Waals surface area contributed by atoms with Crippen molar-refractivity contribution in [1.29, 1.82) is 0 Å². The molecule has 20 heavy (non-hydrogen) atoms. The van der Waals surface area contributed by atoms with Crippen LogP contribution in [0, 0.1) is 11.8 Å². The molecule has 0 radical (unpaired) electrons. The maximum absolute atomic E-state index is 11.8. The molecule has 1 atom stereocenters. The topological polar surface area (TPSA) is 78.9 Å². The summed E-state index contributed by atoms with van der Waals surface area (Å²) in [4.78, 5) is 24.1. The first kappa shape index (κ1) is 16.8. The lowest BCUT2D eigenvalue weighted by molar-refractivity contribution is -0.138. The number of carboxylic acids is 1. The quantitative estimate of drug-likeness (QED) is 0.664. The van der Waals surface area contributed by atoms with E-state index in [-0.39, 0.29) is 18.4 Å². The van der Waals surface area contributed by atoms with Gasteiger partial charge in [-0.2, -0.15) is 0 Å². The molecule has 1 rings (SSSR count). The number of carbonyl (C=O) groups is 2. The van der Waals surface area contributed by atoms with Gasteiger partial charge < -0.3 is 20.1 Å². The van der Waals surface area contributed by atoms with Crippen LogP contribution in [0.2, 0.25) is 0 Å². The molecule has 0 aromatic carbocycles. The van der Waals surface area contributed by atoms with Gasteiger partial charge in [0.2, 0.25) is 0 Å². The summed E-state index contributed by atoms with van der Waals surface area (Å²) in [5, 5.41) is 11.5. The van der Waals surface area contributed by atoms with E-state index in [2.05, 4.69) is 19.2 Å². The third kappa shape index (κ3) is 6.75. The Morgan fingerprint density at radius 1 is 1.40 bits per heavy atom. The van der Waals surface area contributed by atoms with Gasteiger partial charge in [-0.25, -0.2) is 4.79 Å². The molecule has 2 amide bonds. The molecule has 0 aromatic heterocycles. The summed E-state index contributed by atoms with van der Waals surface area (Å²) >= 11 is 0. The Hall–Kier alpha value is -1.30. The predicted molar refractivity (Wildman–Crippen MR) is 75.6 cm³/mol. The lowest BCUT2D eigenvalue weighted by Crippen LogP contribution is -2.40. The van der Waals surface area contributed by atoms with E-state index in [4.69, 9.17) is 9.84 Å². The number of carbonyl (C=O) groups excluding carboxylic acids is 1. The second-order valence-electron chi connectivity index (χ2n) is 5.73. The molecular weight excluding hydrogens is 260 g/mol. The second-order valence-corrected chi connectivity index (χ2v) is 5.73. The number of nitrogens with one attached hydrogen (secondary N) is 1. The summed E-state index contributed by atoms with van der Waals surface area (Å²) in [6, 6.07) is -0.120. The van der Waals surface area contributed by atoms with Crippen LogP contribution >= 0.6 is 0 Å². The Morgan fingerprint density at radius 2 is 2.15 bits per heavy atom. The van der Waals surface area contributed by atoms with E-state index in [0.717, 1.165) is 19.4 Å². The van der Waals surface area contributed by atoms with E-state index < -0.39 is 5.97 Å². The smallest absolute Gasteiger partial charge is 0.317 e. The van der Waals surface area contributed by atoms with Gasteiger partial charge in [-0.05, 0) is 24.7 Å². The van der Waals surface area contributed by atoms with E-state index in [1.54, 1.807) is 4.90 Å². The Bertz CT molecular complexity index is 320. The van der Waals surface area contributed by atoms with Crippen LogP contribution in [-0.2, 0) is 9.53 Å². The Balaban J connectivity index is 2.07. The lowest BCUT2D eigenvalue weighted by Gasteiger charge is -2.17. The zero-order valence-electron chi connectivity index (χ0n) is 12.4. The molecule has 0 aromatic rings. The van der Waals surface area contributed by atoms with Crippen LogP contribution in [-0.4, -0.2) is 54.9 Å². The molecule has 1 fully saturated rings. The number of urea groups is 1. The molecule has 1 aliphatic heterocycles. The first-order valence-electron chi connectivity index (χ1n) is 7.31. The van der Waals surface area contributed by atoms with Crippen LogP contribution in [0.3, 0.4) is 0 Å². The van der Waals surface area contributed by atoms with Crippen LogP contribution in [0.1, 0.15) is 33.1 Å². The molecule has 1 aliphatic rings. The molecule has 1 unspecified atom stereocenters. The van der Waals surface area contributed by atoms with Crippen LogP contribution < -0.4 is 5.32 Å². The van der Waals surface area contributed by atoms with Gasteiger partial charge >= 0.3 is 12.0 Å². The monoisotopic (exact) mass is 286 g/mol. The number of amides is 2. The summed E-state index contributed by atoms with van der Waals surface area (Å²) in [6.07, 6.45) is 1.93. The fraction of sp³-hybridized carbons (Fsp3) is 0.857. The standard InChI is InChI=1S/C14H26N2O4/c1-11(2)4-7-20-8-5-15-14(19)16-6-3-12(10-16)9-13(17)18/h11-12H,3-10H2,1-2H3,(H,15,19)(H,17,18). The summed E-state index contributed by atoms with van der Waals surface area (Å²) in [6.45, 7) is 7.20. The molecule has 2 N–H and O–H groups in total. The van der Waals surface area contributed by atoms with Crippen molar-refractivity contribution in [3.63, 3.8) is 0 Å². The Morgan fingerprint density at radius 3 is 2.80 bits per heavy atom. The number of hydrogen-bond donors (Lipinski definition) is 2. The number of rotatable bonds is 8. The highest BCUT2D eigenvalue weighted by atomic mass is 16.5. The highest BCUT2D eigenvalue weighted by Gasteiger charge is 2.27. The van der Waals surface area contributed by atoms with Crippen molar-refractivity contribution in [2.24, 2.45) is 11.8 Å². The van der Waals surface area contributed by atoms with E-state index in [1.165, 1.54) is 0 Å². The van der Waals surface area contributed by atoms with Gasteiger partial charge in [-0.3, -0.25) is 4.79 Å². The number of likely N-dealkylation sites (tertiary alicyclic amines) is 1. The maximum atomic E-state index is 11.8. The van der Waals surface area contributed by atoms with Crippen LogP contribution in [0.15, 0.2) is 0 Å². The number of ether oxygens (including phenoxy) is 1. The minimum Gasteiger partial charge on any atom is -0.481 e. The molecule has 6 heteroatoms. The number of aliphatic carboxylic acids is 1. The summed E-state index contributed by atoms with van der Waals surface area (Å²) in [7, 11) is 0. The van der Waals surface area contributed by atoms with E-state index >= 15 is 0 Å². The van der Waals surface area contributed by atoms with Crippen molar-refractivity contribution in [3.05, 3.63) is 0 Å². The van der Waals surface area contributed by atoms with Crippen molar-refractivity contribution in [1.82, 2.24) is 10.2 Å². The molecule has 0 spiro atoms. The van der Waals surface area contributed by atoms with Gasteiger partial charge in [0.15, 0.2) is 0 Å². The average Bonchev–Trinajstić information content (AvgIpc) is 2.80. The average molecular weight is 286 g/mol. The largest absolute Gasteiger partial charge is 0.481 e. The molecule has 6 nitrogen and oxygen atoms in total. The van der Waals surface area contributed by atoms with Crippen molar-refractivity contribution >= 4 is 12.0 Å². The third-order valence-electron chi connectivity index (χ3n) is 3.40. The highest BCUT2D eigenvalue weighted by Crippen LogP contribution is 2.19. The van der Waals surface area contributed by atoms with Crippen molar-refractivity contribution in [2.75, 3.05) is 32.8 Å². The molecule has 116 valence electrons. The molecule has 1 saturated heterocycles. The first-order chi connectivity index (χ1) is 9.49. The summed E-state index contributed by atoms with van der Waals surface area (Å²) in [5.41, 5.74) is 0. The van der Waals surface area contributed by atoms with Gasteiger partial charge in [0.05, 0.1) is 6.61 Å². The van der Waals surface area contributed by atoms with Gasteiger partial charge in [0.25, 0.3) is 0 Å². The predicted octanol–water partition coefficient (Wildman–Crippen LogP) is 1.56. The van der Waals surface area contributed by atoms with Gasteiger partial charge in [0, 0.05) is 32.7 Å². The fourth-order valence-corrected chi connectivity index (χ4v) is 2.19. The number of hydrogen-bond acceptors (Lipinski definition) is 3. The zero-order chi connectivity index (χ0) is 15.0. The van der Waals surface area contributed by atoms with E-state index in [0.29, 0.717) is 32.2 Å². The summed E-state index contributed by atoms with van der Waals surface area (Å²) in [5.74, 6) is -0.0864. The second kappa shape index (κ2) is 8.79. The van der Waals surface area contributed by atoms with Crippen LogP contribution in [0.5, 0.6) is 0 Å². The minimum absolute atomic E-state index is 0.0838. The molecular formula is C14H26N2O4. The SMILES string of the molecule is CC(C)CCOCCNC(=O)N1CCC(CC(=O)O)C1. The van der Waals surface area contributed by atoms with Crippen molar-refractivity contribution in [2.45, 2.75) is 33.1 Å². The minimum atomic E-state index is -0.796. The van der Waals surface area contributed by atoms with Crippen LogP contribution in [0.25, 0.3) is 0 Å². The maximum Gasteiger partial charge on any atom is 0.317 e. The number of carboxylic acid groups (broad SMARTS) is 1. The Kier molecular flexibility index (Phi) is 7.36. The molecule has 0 saturated carbocycles. The number of nitrogens with zero attached hydrogens (tertiary/aromatic N) is 1. The summed E-state index contributed by atoms with van der Waals surface area (Å²) < 4.78 is 5.42. The lowest BCUT2D eigenvalue weighted by atomic mass is 10.1. The normalized spacial score (nSPS) is 18.6. The highest BCUT2D eigenvalue weighted by molar-refractivity contribution is 5.74. The Labute approximate surface area is 120 Å². The molecule has 1 heterocycles.